The van der Waals surface area contributed by atoms with Gasteiger partial charge in [0.05, 0.1) is 5.69 Å². The van der Waals surface area contributed by atoms with E-state index in [1.807, 2.05) is 13.0 Å². The highest BCUT2D eigenvalue weighted by atomic mass is 35.5. The third-order valence-corrected chi connectivity index (χ3v) is 2.78. The molecule has 0 spiro atoms. The summed E-state index contributed by atoms with van der Waals surface area (Å²) in [5.41, 5.74) is 7.36. The molecule has 0 radical (unpaired) electrons. The lowest BCUT2D eigenvalue weighted by atomic mass is 10.2. The third-order valence-electron chi connectivity index (χ3n) is 2.51. The SMILES string of the molecule is Cc1ccnc(Cl)c1N1CC(N)CC1=O. The van der Waals surface area contributed by atoms with E-state index in [1.54, 1.807) is 11.1 Å². The Morgan fingerprint density at radius 2 is 2.40 bits per heavy atom. The number of carbonyl (C=O) groups excluding carboxylic acids is 1. The average Bonchev–Trinajstić information content (AvgIpc) is 2.45. The molecule has 2 N–H and O–H groups in total. The second-order valence-electron chi connectivity index (χ2n) is 3.74. The molecule has 1 fully saturated rings. The first-order chi connectivity index (χ1) is 7.09. The van der Waals surface area contributed by atoms with Gasteiger partial charge in [-0.3, -0.25) is 4.79 Å². The van der Waals surface area contributed by atoms with Gasteiger partial charge in [0.25, 0.3) is 0 Å². The number of pyridine rings is 1. The monoisotopic (exact) mass is 225 g/mol. The van der Waals surface area contributed by atoms with E-state index in [0.29, 0.717) is 23.8 Å². The number of amides is 1. The maximum absolute atomic E-state index is 11.6. The van der Waals surface area contributed by atoms with Crippen molar-refractivity contribution in [3.8, 4) is 0 Å². The molecule has 80 valence electrons. The molecule has 5 heteroatoms. The van der Waals surface area contributed by atoms with Crippen LogP contribution in [0, 0.1) is 6.92 Å². The number of hydrogen-bond acceptors (Lipinski definition) is 3. The zero-order valence-electron chi connectivity index (χ0n) is 8.40. The predicted octanol–water partition coefficient (Wildman–Crippen LogP) is 1.11. The fourth-order valence-corrected chi connectivity index (χ4v) is 2.10. The standard InChI is InChI=1S/C10H12ClN3O/c1-6-2-3-13-10(11)9(6)14-5-7(12)4-8(14)15/h2-3,7H,4-5,12H2,1H3. The molecule has 1 aromatic rings. The maximum atomic E-state index is 11.6. The fraction of sp³-hybridized carbons (Fsp3) is 0.400. The third kappa shape index (κ3) is 1.82. The Kier molecular flexibility index (Phi) is 2.63. The van der Waals surface area contributed by atoms with Gasteiger partial charge in [-0.1, -0.05) is 11.6 Å². The molecule has 2 heterocycles. The lowest BCUT2D eigenvalue weighted by Gasteiger charge is -2.19. The number of halogens is 1. The Bertz CT molecular complexity index is 387. The molecule has 0 aromatic carbocycles. The van der Waals surface area contributed by atoms with E-state index in [2.05, 4.69) is 4.98 Å². The van der Waals surface area contributed by atoms with E-state index in [4.69, 9.17) is 17.3 Å². The summed E-state index contributed by atoms with van der Waals surface area (Å²) in [7, 11) is 0. The van der Waals surface area contributed by atoms with Gasteiger partial charge < -0.3 is 10.6 Å². The van der Waals surface area contributed by atoms with Crippen LogP contribution in [0.5, 0.6) is 0 Å². The van der Waals surface area contributed by atoms with Crippen LogP contribution in [0.15, 0.2) is 12.3 Å². The number of carbonyl (C=O) groups is 1. The van der Waals surface area contributed by atoms with Gasteiger partial charge in [-0.25, -0.2) is 4.98 Å². The van der Waals surface area contributed by atoms with E-state index in [0.717, 1.165) is 5.56 Å². The van der Waals surface area contributed by atoms with E-state index in [1.165, 1.54) is 0 Å². The number of aromatic nitrogens is 1. The second-order valence-corrected chi connectivity index (χ2v) is 4.09. The van der Waals surface area contributed by atoms with Crippen molar-refractivity contribution < 1.29 is 4.79 Å². The summed E-state index contributed by atoms with van der Waals surface area (Å²) in [5, 5.41) is 0.359. The van der Waals surface area contributed by atoms with Crippen LogP contribution in [-0.2, 0) is 4.79 Å². The lowest BCUT2D eigenvalue weighted by molar-refractivity contribution is -0.117. The van der Waals surface area contributed by atoms with Gasteiger partial charge in [-0.15, -0.1) is 0 Å². The van der Waals surface area contributed by atoms with Crippen LogP contribution in [0.3, 0.4) is 0 Å². The first kappa shape index (κ1) is 10.4. The normalized spacial score (nSPS) is 21.1. The van der Waals surface area contributed by atoms with E-state index >= 15 is 0 Å². The molecule has 1 aliphatic heterocycles. The first-order valence-electron chi connectivity index (χ1n) is 4.76. The van der Waals surface area contributed by atoms with Crippen molar-refractivity contribution in [3.05, 3.63) is 23.0 Å². The number of rotatable bonds is 1. The largest absolute Gasteiger partial charge is 0.326 e. The molecule has 15 heavy (non-hydrogen) atoms. The van der Waals surface area contributed by atoms with Crippen LogP contribution < -0.4 is 10.6 Å². The predicted molar refractivity (Wildman–Crippen MR) is 58.9 cm³/mol. The van der Waals surface area contributed by atoms with Gasteiger partial charge in [0.15, 0.2) is 5.15 Å². The van der Waals surface area contributed by atoms with Crippen LogP contribution in [0.2, 0.25) is 5.15 Å². The van der Waals surface area contributed by atoms with Crippen molar-refractivity contribution >= 4 is 23.2 Å². The number of aryl methyl sites for hydroxylation is 1. The van der Waals surface area contributed by atoms with Crippen molar-refractivity contribution in [2.45, 2.75) is 19.4 Å². The summed E-state index contributed by atoms with van der Waals surface area (Å²) in [6, 6.07) is 1.73. The van der Waals surface area contributed by atoms with Gasteiger partial charge >= 0.3 is 0 Å². The quantitative estimate of drug-likeness (QED) is 0.729. The van der Waals surface area contributed by atoms with Crippen LogP contribution in [0.1, 0.15) is 12.0 Å². The van der Waals surface area contributed by atoms with Crippen LogP contribution in [-0.4, -0.2) is 23.5 Å². The van der Waals surface area contributed by atoms with E-state index < -0.39 is 0 Å². The van der Waals surface area contributed by atoms with Crippen LogP contribution in [0.25, 0.3) is 0 Å². The van der Waals surface area contributed by atoms with Gasteiger partial charge in [0.2, 0.25) is 5.91 Å². The summed E-state index contributed by atoms with van der Waals surface area (Å²) in [6.45, 7) is 2.42. The molecule has 1 aliphatic rings. The number of hydrogen-bond donors (Lipinski definition) is 1. The number of nitrogens with zero attached hydrogens (tertiary/aromatic N) is 2. The highest BCUT2D eigenvalue weighted by Gasteiger charge is 2.30. The fourth-order valence-electron chi connectivity index (χ4n) is 1.79. The smallest absolute Gasteiger partial charge is 0.228 e. The summed E-state index contributed by atoms with van der Waals surface area (Å²) < 4.78 is 0. The van der Waals surface area contributed by atoms with Gasteiger partial charge in [-0.05, 0) is 18.6 Å². The molecular weight excluding hydrogens is 214 g/mol. The summed E-state index contributed by atoms with van der Waals surface area (Å²) in [4.78, 5) is 17.2. The van der Waals surface area contributed by atoms with Gasteiger partial charge in [0, 0.05) is 25.2 Å². The molecule has 1 unspecified atom stereocenters. The van der Waals surface area contributed by atoms with Gasteiger partial charge in [0.1, 0.15) is 0 Å². The van der Waals surface area contributed by atoms with Crippen molar-refractivity contribution in [1.82, 2.24) is 4.98 Å². The molecule has 1 aromatic heterocycles. The second kappa shape index (κ2) is 3.79. The van der Waals surface area contributed by atoms with Crippen LogP contribution >= 0.6 is 11.6 Å². The lowest BCUT2D eigenvalue weighted by Crippen LogP contribution is -2.28. The minimum absolute atomic E-state index is 0.0144. The molecule has 0 aliphatic carbocycles. The minimum atomic E-state index is -0.104. The summed E-state index contributed by atoms with van der Waals surface area (Å²) in [6.07, 6.45) is 2.01. The molecule has 1 atom stereocenters. The average molecular weight is 226 g/mol. The molecule has 1 amide bonds. The first-order valence-corrected chi connectivity index (χ1v) is 5.14. The Labute approximate surface area is 93.0 Å². The molecule has 4 nitrogen and oxygen atoms in total. The Morgan fingerprint density at radius 3 is 2.93 bits per heavy atom. The summed E-state index contributed by atoms with van der Waals surface area (Å²) in [5.74, 6) is 0.0144. The van der Waals surface area contributed by atoms with Crippen molar-refractivity contribution in [1.29, 1.82) is 0 Å². The summed E-state index contributed by atoms with van der Waals surface area (Å²) >= 11 is 5.98. The highest BCUT2D eigenvalue weighted by molar-refractivity contribution is 6.32. The number of anilines is 1. The minimum Gasteiger partial charge on any atom is -0.326 e. The molecule has 0 bridgehead atoms. The van der Waals surface area contributed by atoms with Crippen molar-refractivity contribution in [2.75, 3.05) is 11.4 Å². The zero-order valence-corrected chi connectivity index (χ0v) is 9.16. The Morgan fingerprint density at radius 1 is 1.67 bits per heavy atom. The zero-order chi connectivity index (χ0) is 11.0. The Hall–Kier alpha value is -1.13. The molecule has 0 saturated carbocycles. The van der Waals surface area contributed by atoms with Crippen molar-refractivity contribution in [3.63, 3.8) is 0 Å². The topological polar surface area (TPSA) is 59.2 Å². The molecule has 2 rings (SSSR count). The van der Waals surface area contributed by atoms with Crippen molar-refractivity contribution in [2.24, 2.45) is 5.73 Å². The number of nitrogens with two attached hydrogens (primary N) is 1. The van der Waals surface area contributed by atoms with Crippen LogP contribution in [0.4, 0.5) is 5.69 Å². The Balaban J connectivity index is 2.41. The van der Waals surface area contributed by atoms with Gasteiger partial charge in [-0.2, -0.15) is 0 Å². The molecular formula is C10H12ClN3O. The van der Waals surface area contributed by atoms with E-state index in [-0.39, 0.29) is 11.9 Å². The maximum Gasteiger partial charge on any atom is 0.228 e. The van der Waals surface area contributed by atoms with E-state index in [9.17, 15) is 4.79 Å². The molecule has 1 saturated heterocycles. The highest BCUT2D eigenvalue weighted by Crippen LogP contribution is 2.30.